The Morgan fingerprint density at radius 3 is 1.00 bits per heavy atom. The van der Waals surface area contributed by atoms with Crippen molar-refractivity contribution in [2.45, 2.75) is 0 Å². The number of rotatable bonds is 0. The monoisotopic (exact) mass is 228 g/mol. The van der Waals surface area contributed by atoms with Crippen LogP contribution < -0.4 is 0 Å². The number of hydrogen-bond donors (Lipinski definition) is 0. The zero-order valence-electron chi connectivity index (χ0n) is 8.43. The van der Waals surface area contributed by atoms with Crippen molar-refractivity contribution >= 4 is 0 Å². The van der Waals surface area contributed by atoms with Crippen molar-refractivity contribution in [3.63, 3.8) is 0 Å². The molecule has 0 amide bonds. The molecule has 0 unspecified atom stereocenters. The summed E-state index contributed by atoms with van der Waals surface area (Å²) in [5, 5.41) is 0. The fourth-order valence-corrected chi connectivity index (χ4v) is 0.642. The Morgan fingerprint density at radius 1 is 0.667 bits per heavy atom. The quantitative estimate of drug-likeness (QED) is 0.367. The van der Waals surface area contributed by atoms with Crippen LogP contribution in [0.2, 0.25) is 0 Å². The molecule has 0 radical (unpaired) electrons. The van der Waals surface area contributed by atoms with E-state index in [-0.39, 0.29) is 21.7 Å². The third-order valence-corrected chi connectivity index (χ3v) is 1.19. The molecule has 0 heterocycles. The molecule has 2 aromatic rings. The second-order valence-corrected chi connectivity index (χ2v) is 2.21. The van der Waals surface area contributed by atoms with E-state index in [0.29, 0.717) is 0 Å². The summed E-state index contributed by atoms with van der Waals surface area (Å²) < 4.78 is 0. The van der Waals surface area contributed by atoms with Crippen LogP contribution in [0.15, 0.2) is 72.1 Å². The maximum Gasteiger partial charge on any atom is 4.00 e. The first-order valence-electron chi connectivity index (χ1n) is 4.16. The van der Waals surface area contributed by atoms with E-state index in [1.165, 1.54) is 0 Å². The Hall–Kier alpha value is -1.29. The topological polar surface area (TPSA) is 0 Å². The summed E-state index contributed by atoms with van der Waals surface area (Å²) in [6.07, 6.45) is 0. The van der Waals surface area contributed by atoms with E-state index in [0.717, 1.165) is 0 Å². The maximum atomic E-state index is 4.54. The standard InChI is InChI=1S/2C5H5.C4H2.Ti/c2*1-2-4-5-3-1;1-3-4-2;/h2*1-5H;1-2H;/q2*-1;-2;+4. The molecule has 0 saturated carbocycles. The van der Waals surface area contributed by atoms with E-state index < -0.39 is 0 Å². The molecule has 0 aliphatic heterocycles. The zero-order valence-corrected chi connectivity index (χ0v) is 9.99. The SMILES string of the molecule is [CH-]=C=C=[CH-].[Ti+4].c1cc[cH-]c1.c1cc[cH-]c1. The smallest absolute Gasteiger partial charge is 0.537 e. The minimum absolute atomic E-state index is 0. The molecule has 72 valence electrons. The third-order valence-electron chi connectivity index (χ3n) is 1.19. The molecule has 0 aliphatic rings. The summed E-state index contributed by atoms with van der Waals surface area (Å²) in [4.78, 5) is 0. The van der Waals surface area contributed by atoms with Crippen LogP contribution in [0.3, 0.4) is 0 Å². The van der Waals surface area contributed by atoms with Gasteiger partial charge in [-0.1, -0.05) is 0 Å². The molecule has 0 aliphatic carbocycles. The second-order valence-electron chi connectivity index (χ2n) is 2.21. The van der Waals surface area contributed by atoms with E-state index >= 15 is 0 Å². The predicted molar refractivity (Wildman–Crippen MR) is 59.7 cm³/mol. The zero-order chi connectivity index (χ0) is 10.5. The first-order valence-corrected chi connectivity index (χ1v) is 4.16. The minimum Gasteiger partial charge on any atom is -0.537 e. The van der Waals surface area contributed by atoms with Crippen LogP contribution in [-0.2, 0) is 21.7 Å². The molecule has 0 atom stereocenters. The third kappa shape index (κ3) is 15.5. The Balaban J connectivity index is 0. The largest absolute Gasteiger partial charge is 4.00 e. The van der Waals surface area contributed by atoms with Gasteiger partial charge in [0.05, 0.1) is 0 Å². The van der Waals surface area contributed by atoms with Gasteiger partial charge in [0.1, 0.15) is 0 Å². The van der Waals surface area contributed by atoms with Gasteiger partial charge in [0.15, 0.2) is 0 Å². The first kappa shape index (κ1) is 16.2. The predicted octanol–water partition coefficient (Wildman–Crippen LogP) is 3.53. The Kier molecular flexibility index (Phi) is 16.4. The molecule has 1 heteroatoms. The van der Waals surface area contributed by atoms with Crippen LogP contribution >= 0.6 is 0 Å². The summed E-state index contributed by atoms with van der Waals surface area (Å²) in [6, 6.07) is 20.0. The normalized spacial score (nSPS) is 6.13. The summed E-state index contributed by atoms with van der Waals surface area (Å²) in [6.45, 7) is 9.08. The summed E-state index contributed by atoms with van der Waals surface area (Å²) in [7, 11) is 0. The van der Waals surface area contributed by atoms with Gasteiger partial charge < -0.3 is 24.6 Å². The maximum absolute atomic E-state index is 4.54. The molecule has 0 N–H and O–H groups in total. The van der Waals surface area contributed by atoms with E-state index in [1.54, 1.807) is 0 Å². The van der Waals surface area contributed by atoms with Crippen molar-refractivity contribution in [2.24, 2.45) is 0 Å². The van der Waals surface area contributed by atoms with Gasteiger partial charge in [-0.3, -0.25) is 0 Å². The molecule has 2 rings (SSSR count). The van der Waals surface area contributed by atoms with Gasteiger partial charge >= 0.3 is 21.7 Å². The van der Waals surface area contributed by atoms with Crippen molar-refractivity contribution in [1.82, 2.24) is 0 Å². The number of hydrogen-bond acceptors (Lipinski definition) is 0. The van der Waals surface area contributed by atoms with Crippen molar-refractivity contribution in [1.29, 1.82) is 0 Å². The Morgan fingerprint density at radius 2 is 0.933 bits per heavy atom. The average molecular weight is 228 g/mol. The van der Waals surface area contributed by atoms with Crippen LogP contribution in [0.25, 0.3) is 0 Å². The second kappa shape index (κ2) is 15.2. The molecule has 0 aromatic heterocycles. The first-order chi connectivity index (χ1) is 6.91. The van der Waals surface area contributed by atoms with Crippen molar-refractivity contribution in [3.8, 4) is 0 Å². The molecule has 0 fully saturated rings. The van der Waals surface area contributed by atoms with Crippen LogP contribution in [0.1, 0.15) is 0 Å². The average Bonchev–Trinajstić information content (AvgIpc) is 2.94. The van der Waals surface area contributed by atoms with Gasteiger partial charge in [0.2, 0.25) is 0 Å². The van der Waals surface area contributed by atoms with Crippen LogP contribution in [-0.4, -0.2) is 0 Å². The van der Waals surface area contributed by atoms with E-state index in [9.17, 15) is 0 Å². The molecule has 0 nitrogen and oxygen atoms in total. The molecule has 0 bridgehead atoms. The van der Waals surface area contributed by atoms with Gasteiger partial charge in [-0.25, -0.2) is 24.3 Å². The minimum atomic E-state index is 0. The summed E-state index contributed by atoms with van der Waals surface area (Å²) in [5.41, 5.74) is 3.92. The Labute approximate surface area is 107 Å². The van der Waals surface area contributed by atoms with E-state index in [1.807, 2.05) is 72.1 Å². The molecule has 0 saturated heterocycles. The van der Waals surface area contributed by atoms with E-state index in [2.05, 4.69) is 13.2 Å². The van der Waals surface area contributed by atoms with Gasteiger partial charge in [-0.2, -0.15) is 36.4 Å². The van der Waals surface area contributed by atoms with Crippen LogP contribution in [0.4, 0.5) is 0 Å². The van der Waals surface area contributed by atoms with Crippen molar-refractivity contribution in [3.05, 3.63) is 85.3 Å². The van der Waals surface area contributed by atoms with Crippen molar-refractivity contribution < 1.29 is 21.7 Å². The fraction of sp³-hybridized carbons (Fsp3) is 0. The molecule has 2 aromatic carbocycles. The van der Waals surface area contributed by atoms with Crippen LogP contribution in [0, 0.1) is 13.2 Å². The molecule has 0 spiro atoms. The van der Waals surface area contributed by atoms with Gasteiger partial charge in [-0.15, -0.1) is 0 Å². The summed E-state index contributed by atoms with van der Waals surface area (Å²) in [5.74, 6) is 0. The fourth-order valence-electron chi connectivity index (χ4n) is 0.642. The molecular weight excluding hydrogens is 216 g/mol. The van der Waals surface area contributed by atoms with Crippen molar-refractivity contribution in [2.75, 3.05) is 0 Å². The van der Waals surface area contributed by atoms with Gasteiger partial charge in [-0.05, 0) is 0 Å². The summed E-state index contributed by atoms with van der Waals surface area (Å²) >= 11 is 0. The molecular formula is C14H12Ti. The van der Waals surface area contributed by atoms with Gasteiger partial charge in [0, 0.05) is 0 Å². The Bertz CT molecular complexity index is 260. The molecule has 15 heavy (non-hydrogen) atoms. The van der Waals surface area contributed by atoms with Gasteiger partial charge in [0.25, 0.3) is 0 Å². The van der Waals surface area contributed by atoms with E-state index in [4.69, 9.17) is 0 Å². The van der Waals surface area contributed by atoms with Crippen LogP contribution in [0.5, 0.6) is 0 Å².